The number of hydrogen-bond donors (Lipinski definition) is 1. The number of hydrogen-bond acceptors (Lipinski definition) is 4. The number of Topliss-reactive ketones (excluding diaryl/α,β-unsaturated/α-hetero) is 1. The van der Waals surface area contributed by atoms with Crippen molar-refractivity contribution >= 4 is 17.7 Å². The number of ketones is 1. The van der Waals surface area contributed by atoms with Gasteiger partial charge in [-0.05, 0) is 43.0 Å². The summed E-state index contributed by atoms with van der Waals surface area (Å²) in [5.41, 5.74) is 1.49. The Kier molecular flexibility index (Phi) is 6.01. The van der Waals surface area contributed by atoms with Gasteiger partial charge < -0.3 is 14.6 Å². The van der Waals surface area contributed by atoms with Gasteiger partial charge in [-0.2, -0.15) is 0 Å². The fourth-order valence-corrected chi connectivity index (χ4v) is 2.97. The van der Waals surface area contributed by atoms with Crippen LogP contribution in [0.15, 0.2) is 36.5 Å². The van der Waals surface area contributed by atoms with Crippen molar-refractivity contribution in [2.45, 2.75) is 25.7 Å². The summed E-state index contributed by atoms with van der Waals surface area (Å²) in [7, 11) is 0. The molecule has 0 spiro atoms. The molecule has 0 radical (unpaired) electrons. The number of amides is 1. The molecule has 1 aromatic carbocycles. The molecule has 3 rings (SSSR count). The van der Waals surface area contributed by atoms with Crippen molar-refractivity contribution < 1.29 is 23.5 Å². The first kappa shape index (κ1) is 18.8. The molecule has 1 aromatic heterocycles. The molecule has 0 atom stereocenters. The van der Waals surface area contributed by atoms with E-state index in [1.54, 1.807) is 17.0 Å². The Morgan fingerprint density at radius 2 is 1.81 bits per heavy atom. The topological polar surface area (TPSA) is 79.5 Å². The molecule has 1 amide bonds. The molecule has 1 fully saturated rings. The van der Waals surface area contributed by atoms with Crippen molar-refractivity contribution in [1.29, 1.82) is 0 Å². The highest BCUT2D eigenvalue weighted by molar-refractivity contribution is 6.01. The molecular weight excluding hydrogens is 351 g/mol. The van der Waals surface area contributed by atoms with Crippen molar-refractivity contribution in [3.8, 4) is 0 Å². The maximum absolute atomic E-state index is 12.8. The number of likely N-dealkylation sites (tertiary alicyclic amines) is 1. The van der Waals surface area contributed by atoms with Crippen LogP contribution in [0.25, 0.3) is 0 Å². The number of esters is 1. The van der Waals surface area contributed by atoms with Crippen molar-refractivity contribution in [3.05, 3.63) is 59.2 Å². The van der Waals surface area contributed by atoms with Gasteiger partial charge in [0.1, 0.15) is 11.5 Å². The smallest absolute Gasteiger partial charge is 0.306 e. The molecule has 7 heteroatoms. The summed E-state index contributed by atoms with van der Waals surface area (Å²) in [4.78, 5) is 40.8. The average Bonchev–Trinajstić information content (AvgIpc) is 3.37. The van der Waals surface area contributed by atoms with Crippen LogP contribution in [0, 0.1) is 5.82 Å². The van der Waals surface area contributed by atoms with E-state index < -0.39 is 5.97 Å². The van der Waals surface area contributed by atoms with E-state index in [-0.39, 0.29) is 30.5 Å². The van der Waals surface area contributed by atoms with Gasteiger partial charge in [0, 0.05) is 31.3 Å². The Morgan fingerprint density at radius 3 is 2.52 bits per heavy atom. The number of halogens is 1. The van der Waals surface area contributed by atoms with Gasteiger partial charge in [0.25, 0.3) is 5.91 Å². The highest BCUT2D eigenvalue weighted by Gasteiger charge is 2.22. The molecule has 0 saturated carbocycles. The van der Waals surface area contributed by atoms with E-state index in [0.29, 0.717) is 17.7 Å². The number of aromatic nitrogens is 1. The first-order valence-electron chi connectivity index (χ1n) is 8.94. The Bertz CT molecular complexity index is 823. The molecule has 1 aliphatic heterocycles. The van der Waals surface area contributed by atoms with E-state index in [2.05, 4.69) is 4.98 Å². The fourth-order valence-electron chi connectivity index (χ4n) is 2.97. The van der Waals surface area contributed by atoms with E-state index in [1.165, 1.54) is 24.4 Å². The monoisotopic (exact) mass is 372 g/mol. The van der Waals surface area contributed by atoms with Crippen LogP contribution in [0.3, 0.4) is 0 Å². The van der Waals surface area contributed by atoms with Crippen LogP contribution in [0.5, 0.6) is 0 Å². The number of H-pyrrole nitrogens is 1. The molecule has 1 aliphatic rings. The molecule has 1 N–H and O–H groups in total. The SMILES string of the molecule is O=C(CCc1ccc(F)cc1)OCC(=O)c1c[nH]c(C(=O)N2CCCC2)c1. The molecule has 2 aromatic rings. The van der Waals surface area contributed by atoms with Gasteiger partial charge in [0.15, 0.2) is 6.61 Å². The Balaban J connectivity index is 1.45. The molecule has 0 bridgehead atoms. The summed E-state index contributed by atoms with van der Waals surface area (Å²) in [6.45, 7) is 1.08. The lowest BCUT2D eigenvalue weighted by Crippen LogP contribution is -2.27. The molecule has 1 saturated heterocycles. The number of rotatable bonds is 7. The number of nitrogens with zero attached hydrogens (tertiary/aromatic N) is 1. The van der Waals surface area contributed by atoms with Crippen molar-refractivity contribution in [2.24, 2.45) is 0 Å². The largest absolute Gasteiger partial charge is 0.457 e. The molecular formula is C20H21FN2O4. The van der Waals surface area contributed by atoms with Crippen LogP contribution in [0.1, 0.15) is 45.7 Å². The van der Waals surface area contributed by atoms with Gasteiger partial charge in [-0.25, -0.2) is 4.39 Å². The summed E-state index contributed by atoms with van der Waals surface area (Å²) in [5, 5.41) is 0. The first-order chi connectivity index (χ1) is 13.0. The van der Waals surface area contributed by atoms with E-state index >= 15 is 0 Å². The number of carbonyl (C=O) groups is 3. The van der Waals surface area contributed by atoms with E-state index in [1.807, 2.05) is 0 Å². The third-order valence-electron chi connectivity index (χ3n) is 4.52. The normalized spacial score (nSPS) is 13.6. The minimum absolute atomic E-state index is 0.102. The number of nitrogens with one attached hydrogen (secondary N) is 1. The van der Waals surface area contributed by atoms with E-state index in [9.17, 15) is 18.8 Å². The second-order valence-electron chi connectivity index (χ2n) is 6.51. The van der Waals surface area contributed by atoms with E-state index in [0.717, 1.165) is 31.5 Å². The number of benzene rings is 1. The quantitative estimate of drug-likeness (QED) is 0.599. The summed E-state index contributed by atoms with van der Waals surface area (Å²) in [6, 6.07) is 7.36. The van der Waals surface area contributed by atoms with Gasteiger partial charge in [0.05, 0.1) is 0 Å². The van der Waals surface area contributed by atoms with Crippen LogP contribution in [-0.4, -0.2) is 47.2 Å². The molecule has 0 unspecified atom stereocenters. The number of aromatic amines is 1. The maximum Gasteiger partial charge on any atom is 0.306 e. The first-order valence-corrected chi connectivity index (χ1v) is 8.94. The lowest BCUT2D eigenvalue weighted by molar-refractivity contribution is -0.142. The molecule has 6 nitrogen and oxygen atoms in total. The molecule has 2 heterocycles. The van der Waals surface area contributed by atoms with Gasteiger partial charge in [-0.15, -0.1) is 0 Å². The Hall–Kier alpha value is -2.96. The van der Waals surface area contributed by atoms with Crippen molar-refractivity contribution in [3.63, 3.8) is 0 Å². The van der Waals surface area contributed by atoms with Crippen LogP contribution >= 0.6 is 0 Å². The predicted octanol–water partition coefficient (Wildman–Crippen LogP) is 2.75. The predicted molar refractivity (Wildman–Crippen MR) is 95.9 cm³/mol. The third kappa shape index (κ3) is 5.03. The number of carbonyl (C=O) groups excluding carboxylic acids is 3. The molecule has 142 valence electrons. The van der Waals surface area contributed by atoms with Gasteiger partial charge in [-0.1, -0.05) is 12.1 Å². The zero-order valence-electron chi connectivity index (χ0n) is 14.9. The minimum Gasteiger partial charge on any atom is -0.457 e. The standard InChI is InChI=1S/C20H21FN2O4/c21-16-6-3-14(4-7-16)5-8-19(25)27-13-18(24)15-11-17(22-12-15)20(26)23-9-1-2-10-23/h3-4,6-7,11-12,22H,1-2,5,8-10,13H2. The summed E-state index contributed by atoms with van der Waals surface area (Å²) < 4.78 is 17.8. The highest BCUT2D eigenvalue weighted by atomic mass is 19.1. The fraction of sp³-hybridized carbons (Fsp3) is 0.350. The van der Waals surface area contributed by atoms with Crippen LogP contribution in [-0.2, 0) is 16.0 Å². The third-order valence-corrected chi connectivity index (χ3v) is 4.52. The van der Waals surface area contributed by atoms with Crippen molar-refractivity contribution in [2.75, 3.05) is 19.7 Å². The summed E-state index contributed by atoms with van der Waals surface area (Å²) in [5.74, 6) is -1.33. The molecule has 0 aliphatic carbocycles. The lowest BCUT2D eigenvalue weighted by Gasteiger charge is -2.13. The van der Waals surface area contributed by atoms with Gasteiger partial charge in [-0.3, -0.25) is 14.4 Å². The number of ether oxygens (including phenoxy) is 1. The van der Waals surface area contributed by atoms with Crippen LogP contribution in [0.4, 0.5) is 4.39 Å². The lowest BCUT2D eigenvalue weighted by atomic mass is 10.1. The van der Waals surface area contributed by atoms with E-state index in [4.69, 9.17) is 4.74 Å². The zero-order valence-corrected chi connectivity index (χ0v) is 14.9. The minimum atomic E-state index is -0.503. The average molecular weight is 372 g/mol. The summed E-state index contributed by atoms with van der Waals surface area (Å²) in [6.07, 6.45) is 3.95. The summed E-state index contributed by atoms with van der Waals surface area (Å²) >= 11 is 0. The number of aryl methyl sites for hydroxylation is 1. The van der Waals surface area contributed by atoms with Gasteiger partial charge in [0.2, 0.25) is 5.78 Å². The van der Waals surface area contributed by atoms with Gasteiger partial charge >= 0.3 is 5.97 Å². The second kappa shape index (κ2) is 8.62. The highest BCUT2D eigenvalue weighted by Crippen LogP contribution is 2.14. The van der Waals surface area contributed by atoms with Crippen LogP contribution < -0.4 is 0 Å². The Morgan fingerprint density at radius 1 is 1.11 bits per heavy atom. The zero-order chi connectivity index (χ0) is 19.2. The Labute approximate surface area is 156 Å². The maximum atomic E-state index is 12.8. The second-order valence-corrected chi connectivity index (χ2v) is 6.51. The molecule has 27 heavy (non-hydrogen) atoms. The van der Waals surface area contributed by atoms with Crippen LogP contribution in [0.2, 0.25) is 0 Å². The van der Waals surface area contributed by atoms with Crippen molar-refractivity contribution in [1.82, 2.24) is 9.88 Å².